The SMILES string of the molecule is CCC(C)NC(=O)CCNC(=O)c1cccc(C(N)=S)c1. The lowest BCUT2D eigenvalue weighted by molar-refractivity contribution is -0.121. The van der Waals surface area contributed by atoms with Gasteiger partial charge < -0.3 is 16.4 Å². The number of nitrogens with one attached hydrogen (secondary N) is 2. The van der Waals surface area contributed by atoms with Crippen LogP contribution in [0, 0.1) is 0 Å². The summed E-state index contributed by atoms with van der Waals surface area (Å²) in [7, 11) is 0. The number of carbonyl (C=O) groups is 2. The third-order valence-electron chi connectivity index (χ3n) is 3.07. The molecule has 0 aliphatic carbocycles. The van der Waals surface area contributed by atoms with E-state index in [1.807, 2.05) is 13.8 Å². The third kappa shape index (κ3) is 5.91. The molecule has 114 valence electrons. The molecule has 21 heavy (non-hydrogen) atoms. The van der Waals surface area contributed by atoms with E-state index in [0.29, 0.717) is 17.7 Å². The van der Waals surface area contributed by atoms with Crippen molar-refractivity contribution in [3.8, 4) is 0 Å². The first-order valence-electron chi connectivity index (χ1n) is 6.91. The summed E-state index contributed by atoms with van der Waals surface area (Å²) in [5.74, 6) is -0.314. The molecule has 0 heterocycles. The van der Waals surface area contributed by atoms with Gasteiger partial charge in [-0.15, -0.1) is 0 Å². The molecule has 0 aliphatic heterocycles. The predicted molar refractivity (Wildman–Crippen MR) is 87.2 cm³/mol. The second kappa shape index (κ2) is 8.36. The van der Waals surface area contributed by atoms with E-state index in [1.54, 1.807) is 24.3 Å². The van der Waals surface area contributed by atoms with E-state index in [9.17, 15) is 9.59 Å². The molecule has 0 spiro atoms. The Kier molecular flexibility index (Phi) is 6.81. The van der Waals surface area contributed by atoms with Crippen molar-refractivity contribution in [2.75, 3.05) is 6.54 Å². The summed E-state index contributed by atoms with van der Waals surface area (Å²) in [5.41, 5.74) is 6.65. The fourth-order valence-electron chi connectivity index (χ4n) is 1.65. The van der Waals surface area contributed by atoms with Crippen LogP contribution in [0.2, 0.25) is 0 Å². The molecule has 1 aromatic rings. The number of carbonyl (C=O) groups excluding carboxylic acids is 2. The highest BCUT2D eigenvalue weighted by Crippen LogP contribution is 2.05. The zero-order chi connectivity index (χ0) is 15.8. The lowest BCUT2D eigenvalue weighted by Crippen LogP contribution is -2.35. The van der Waals surface area contributed by atoms with Crippen molar-refractivity contribution < 1.29 is 9.59 Å². The molecule has 0 saturated carbocycles. The molecular weight excluding hydrogens is 286 g/mol. The Morgan fingerprint density at radius 1 is 1.33 bits per heavy atom. The molecule has 5 nitrogen and oxygen atoms in total. The molecule has 2 amide bonds. The van der Waals surface area contributed by atoms with E-state index in [2.05, 4.69) is 10.6 Å². The van der Waals surface area contributed by atoms with Crippen molar-refractivity contribution in [2.24, 2.45) is 5.73 Å². The fourth-order valence-corrected chi connectivity index (χ4v) is 1.78. The Balaban J connectivity index is 2.45. The van der Waals surface area contributed by atoms with Gasteiger partial charge in [0.05, 0.1) is 0 Å². The minimum atomic E-state index is -0.246. The average Bonchev–Trinajstić information content (AvgIpc) is 2.46. The summed E-state index contributed by atoms with van der Waals surface area (Å²) in [6.07, 6.45) is 1.13. The van der Waals surface area contributed by atoms with Crippen LogP contribution in [0.5, 0.6) is 0 Å². The van der Waals surface area contributed by atoms with Crippen molar-refractivity contribution in [1.29, 1.82) is 0 Å². The second-order valence-corrected chi connectivity index (χ2v) is 5.27. The standard InChI is InChI=1S/C15H21N3O2S/c1-3-10(2)18-13(19)7-8-17-15(20)12-6-4-5-11(9-12)14(16)21/h4-6,9-10H,3,7-8H2,1-2H3,(H2,16,21)(H,17,20)(H,18,19). The number of hydrogen-bond acceptors (Lipinski definition) is 3. The summed E-state index contributed by atoms with van der Waals surface area (Å²) in [5, 5.41) is 5.55. The molecule has 0 aromatic heterocycles. The smallest absolute Gasteiger partial charge is 0.251 e. The van der Waals surface area contributed by atoms with Crippen molar-refractivity contribution in [1.82, 2.24) is 10.6 Å². The summed E-state index contributed by atoms with van der Waals surface area (Å²) >= 11 is 4.87. The summed E-state index contributed by atoms with van der Waals surface area (Å²) < 4.78 is 0. The van der Waals surface area contributed by atoms with E-state index >= 15 is 0 Å². The molecule has 4 N–H and O–H groups in total. The molecule has 0 aliphatic rings. The van der Waals surface area contributed by atoms with Crippen LogP contribution in [0.4, 0.5) is 0 Å². The molecule has 0 radical (unpaired) electrons. The lowest BCUT2D eigenvalue weighted by atomic mass is 10.1. The van der Waals surface area contributed by atoms with Crippen molar-refractivity contribution in [2.45, 2.75) is 32.7 Å². The monoisotopic (exact) mass is 307 g/mol. The van der Waals surface area contributed by atoms with Gasteiger partial charge in [-0.05, 0) is 25.5 Å². The van der Waals surface area contributed by atoms with Gasteiger partial charge in [0.15, 0.2) is 0 Å². The first-order valence-corrected chi connectivity index (χ1v) is 7.32. The molecule has 6 heteroatoms. The van der Waals surface area contributed by atoms with Gasteiger partial charge in [-0.2, -0.15) is 0 Å². The first kappa shape index (κ1) is 17.1. The minimum Gasteiger partial charge on any atom is -0.389 e. The fraction of sp³-hybridized carbons (Fsp3) is 0.400. The lowest BCUT2D eigenvalue weighted by Gasteiger charge is -2.11. The maximum absolute atomic E-state index is 12.0. The van der Waals surface area contributed by atoms with Gasteiger partial charge in [0.2, 0.25) is 5.91 Å². The molecule has 1 atom stereocenters. The van der Waals surface area contributed by atoms with Gasteiger partial charge in [0.1, 0.15) is 4.99 Å². The summed E-state index contributed by atoms with van der Waals surface area (Å²) in [4.78, 5) is 23.8. The number of benzene rings is 1. The molecular formula is C15H21N3O2S. The van der Waals surface area contributed by atoms with Gasteiger partial charge in [-0.1, -0.05) is 31.3 Å². The normalized spacial score (nSPS) is 11.5. The number of thiocarbonyl (C=S) groups is 1. The minimum absolute atomic E-state index is 0.0680. The van der Waals surface area contributed by atoms with E-state index in [4.69, 9.17) is 18.0 Å². The van der Waals surface area contributed by atoms with Gasteiger partial charge in [-0.3, -0.25) is 9.59 Å². The number of hydrogen-bond donors (Lipinski definition) is 3. The Morgan fingerprint density at radius 3 is 2.62 bits per heavy atom. The van der Waals surface area contributed by atoms with E-state index in [1.165, 1.54) is 0 Å². The van der Waals surface area contributed by atoms with Gasteiger partial charge in [0.25, 0.3) is 5.91 Å². The first-order chi connectivity index (χ1) is 9.93. The van der Waals surface area contributed by atoms with Crippen LogP contribution in [-0.4, -0.2) is 29.4 Å². The maximum Gasteiger partial charge on any atom is 0.251 e. The number of rotatable bonds is 7. The number of amides is 2. The van der Waals surface area contributed by atoms with E-state index in [0.717, 1.165) is 6.42 Å². The van der Waals surface area contributed by atoms with Crippen LogP contribution in [0.3, 0.4) is 0 Å². The highest BCUT2D eigenvalue weighted by Gasteiger charge is 2.09. The molecule has 1 rings (SSSR count). The predicted octanol–water partition coefficient (Wildman–Crippen LogP) is 1.36. The van der Waals surface area contributed by atoms with E-state index in [-0.39, 0.29) is 29.3 Å². The van der Waals surface area contributed by atoms with Crippen molar-refractivity contribution in [3.63, 3.8) is 0 Å². The van der Waals surface area contributed by atoms with Crippen LogP contribution < -0.4 is 16.4 Å². The largest absolute Gasteiger partial charge is 0.389 e. The van der Waals surface area contributed by atoms with Gasteiger partial charge in [-0.25, -0.2) is 0 Å². The molecule has 0 bridgehead atoms. The van der Waals surface area contributed by atoms with Crippen LogP contribution in [-0.2, 0) is 4.79 Å². The van der Waals surface area contributed by atoms with Gasteiger partial charge in [0, 0.05) is 30.1 Å². The Bertz CT molecular complexity index is 531. The third-order valence-corrected chi connectivity index (χ3v) is 3.30. The Hall–Kier alpha value is -1.95. The quantitative estimate of drug-likeness (QED) is 0.664. The Labute approximate surface area is 130 Å². The summed E-state index contributed by atoms with van der Waals surface area (Å²) in [6, 6.07) is 6.93. The van der Waals surface area contributed by atoms with Gasteiger partial charge >= 0.3 is 0 Å². The zero-order valence-electron chi connectivity index (χ0n) is 12.3. The maximum atomic E-state index is 12.0. The zero-order valence-corrected chi connectivity index (χ0v) is 13.1. The molecule has 0 saturated heterocycles. The molecule has 0 fully saturated rings. The average molecular weight is 307 g/mol. The van der Waals surface area contributed by atoms with Crippen LogP contribution >= 0.6 is 12.2 Å². The van der Waals surface area contributed by atoms with Crippen LogP contribution in [0.15, 0.2) is 24.3 Å². The topological polar surface area (TPSA) is 84.2 Å². The second-order valence-electron chi connectivity index (χ2n) is 4.83. The Morgan fingerprint density at radius 2 is 2.00 bits per heavy atom. The van der Waals surface area contributed by atoms with Crippen LogP contribution in [0.1, 0.15) is 42.6 Å². The van der Waals surface area contributed by atoms with E-state index < -0.39 is 0 Å². The van der Waals surface area contributed by atoms with Crippen LogP contribution in [0.25, 0.3) is 0 Å². The number of nitrogens with two attached hydrogens (primary N) is 1. The highest BCUT2D eigenvalue weighted by atomic mass is 32.1. The highest BCUT2D eigenvalue weighted by molar-refractivity contribution is 7.80. The molecule has 1 aromatic carbocycles. The van der Waals surface area contributed by atoms with Crippen molar-refractivity contribution in [3.05, 3.63) is 35.4 Å². The van der Waals surface area contributed by atoms with Crippen molar-refractivity contribution >= 4 is 29.0 Å². The molecule has 1 unspecified atom stereocenters. The summed E-state index contributed by atoms with van der Waals surface area (Å²) in [6.45, 7) is 4.23.